The number of methoxy groups -OCH3 is 1. The number of piperazine rings is 1. The SMILES string of the molecule is COc1ccc2c(c1)C1CC1(C(=O)N1C3CCC1[I-]N(C)C3)Cn1c-2c(C2CCCCC2)c2ccc(C(=O)NS(=O)(=O)N3CCN(C)CC3)cc21. The van der Waals surface area contributed by atoms with E-state index in [0.29, 0.717) is 54.2 Å². The molecule has 11 nitrogen and oxygen atoms in total. The van der Waals surface area contributed by atoms with Gasteiger partial charge in [-0.1, -0.05) is 0 Å². The van der Waals surface area contributed by atoms with Gasteiger partial charge in [-0.15, -0.1) is 0 Å². The van der Waals surface area contributed by atoms with Crippen molar-refractivity contribution in [3.05, 3.63) is 53.1 Å². The molecule has 274 valence electrons. The molecule has 4 unspecified atom stereocenters. The van der Waals surface area contributed by atoms with E-state index in [2.05, 4.69) is 41.4 Å². The Balaban J connectivity index is 1.18. The van der Waals surface area contributed by atoms with Gasteiger partial charge < -0.3 is 4.90 Å². The van der Waals surface area contributed by atoms with Crippen molar-refractivity contribution in [2.75, 3.05) is 53.9 Å². The second-order valence-electron chi connectivity index (χ2n) is 15.7. The zero-order chi connectivity index (χ0) is 35.2. The summed E-state index contributed by atoms with van der Waals surface area (Å²) < 4.78 is 41.3. The van der Waals surface area contributed by atoms with E-state index in [0.717, 1.165) is 66.6 Å². The van der Waals surface area contributed by atoms with E-state index in [1.807, 2.05) is 25.2 Å². The van der Waals surface area contributed by atoms with Crippen LogP contribution in [-0.2, 0) is 21.5 Å². The van der Waals surface area contributed by atoms with Gasteiger partial charge in [-0.25, -0.2) is 0 Å². The van der Waals surface area contributed by atoms with Crippen LogP contribution in [0.2, 0.25) is 0 Å². The second-order valence-corrected chi connectivity index (χ2v) is 21.0. The average Bonchev–Trinajstić information content (AvgIpc) is 3.71. The number of aromatic nitrogens is 1. The Morgan fingerprint density at radius 1 is 0.961 bits per heavy atom. The Morgan fingerprint density at radius 2 is 1.75 bits per heavy atom. The maximum atomic E-state index is 15.1. The summed E-state index contributed by atoms with van der Waals surface area (Å²) >= 11 is -0.248. The molecule has 51 heavy (non-hydrogen) atoms. The Labute approximate surface area is 311 Å². The predicted molar refractivity (Wildman–Crippen MR) is 191 cm³/mol. The number of ether oxygens (including phenoxy) is 1. The first-order chi connectivity index (χ1) is 24.6. The molecule has 2 aliphatic carbocycles. The zero-order valence-electron chi connectivity index (χ0n) is 29.7. The van der Waals surface area contributed by atoms with Crippen LogP contribution in [0.4, 0.5) is 0 Å². The van der Waals surface area contributed by atoms with Crippen molar-refractivity contribution in [2.24, 2.45) is 5.41 Å². The molecule has 0 radical (unpaired) electrons. The molecule has 4 aliphatic heterocycles. The number of hydrogen-bond donors (Lipinski definition) is 1. The number of rotatable bonds is 6. The number of nitrogens with one attached hydrogen (secondary N) is 1. The van der Waals surface area contributed by atoms with Crippen LogP contribution in [0.3, 0.4) is 0 Å². The molecule has 4 atom stereocenters. The molecule has 6 aliphatic rings. The van der Waals surface area contributed by atoms with Crippen molar-refractivity contribution in [2.45, 2.75) is 79.8 Å². The zero-order valence-corrected chi connectivity index (χ0v) is 32.7. The first-order valence-corrected chi connectivity index (χ1v) is 22.3. The van der Waals surface area contributed by atoms with E-state index in [4.69, 9.17) is 4.74 Å². The summed E-state index contributed by atoms with van der Waals surface area (Å²) in [6, 6.07) is 12.4. The molecular weight excluding hydrogens is 779 g/mol. The van der Waals surface area contributed by atoms with Crippen molar-refractivity contribution < 1.29 is 44.2 Å². The minimum atomic E-state index is -4.00. The van der Waals surface area contributed by atoms with Gasteiger partial charge in [0.1, 0.15) is 0 Å². The molecule has 0 spiro atoms. The fourth-order valence-electron chi connectivity index (χ4n) is 9.88. The molecule has 1 N–H and O–H groups in total. The van der Waals surface area contributed by atoms with Crippen LogP contribution >= 0.6 is 0 Å². The molecule has 2 amide bonds. The summed E-state index contributed by atoms with van der Waals surface area (Å²) in [5, 5.41) is 1.10. The first kappa shape index (κ1) is 34.1. The van der Waals surface area contributed by atoms with Gasteiger partial charge in [0, 0.05) is 26.2 Å². The number of hydrogen-bond acceptors (Lipinski definition) is 7. The van der Waals surface area contributed by atoms with Crippen molar-refractivity contribution in [1.82, 2.24) is 26.5 Å². The van der Waals surface area contributed by atoms with E-state index in [1.165, 1.54) is 34.7 Å². The topological polar surface area (TPSA) is 107 Å². The molecule has 13 heteroatoms. The number of benzene rings is 2. The van der Waals surface area contributed by atoms with Crippen LogP contribution in [-0.4, -0.2) is 106 Å². The van der Waals surface area contributed by atoms with Crippen LogP contribution in [0.15, 0.2) is 36.4 Å². The van der Waals surface area contributed by atoms with Gasteiger partial charge in [0.15, 0.2) is 0 Å². The van der Waals surface area contributed by atoms with Gasteiger partial charge in [0.25, 0.3) is 0 Å². The summed E-state index contributed by atoms with van der Waals surface area (Å²) in [4.78, 5) is 33.2. The van der Waals surface area contributed by atoms with Crippen LogP contribution in [0.1, 0.15) is 84.7 Å². The van der Waals surface area contributed by atoms with Gasteiger partial charge in [-0.3, -0.25) is 0 Å². The van der Waals surface area contributed by atoms with E-state index in [1.54, 1.807) is 13.2 Å². The molecule has 2 aromatic carbocycles. The third-order valence-electron chi connectivity index (χ3n) is 12.6. The number of likely N-dealkylation sites (N-methyl/N-ethyl adjacent to an activating group) is 2. The van der Waals surface area contributed by atoms with E-state index in [-0.39, 0.29) is 33.4 Å². The van der Waals surface area contributed by atoms with Gasteiger partial charge in [0.05, 0.1) is 0 Å². The second kappa shape index (κ2) is 12.7. The Kier molecular flexibility index (Phi) is 8.49. The number of carbonyl (C=O) groups is 2. The molecule has 5 heterocycles. The number of nitrogens with zero attached hydrogens (tertiary/aromatic N) is 5. The molecule has 3 saturated heterocycles. The Bertz CT molecular complexity index is 2010. The quantitative estimate of drug-likeness (QED) is 0.173. The molecular formula is C38H48IN6O5S-. The minimum absolute atomic E-state index is 0.0849. The number of halogens is 1. The fourth-order valence-corrected chi connectivity index (χ4v) is 14.4. The van der Waals surface area contributed by atoms with Crippen molar-refractivity contribution in [3.8, 4) is 17.0 Å². The van der Waals surface area contributed by atoms with Crippen LogP contribution in [0, 0.1) is 5.41 Å². The molecule has 1 aromatic heterocycles. The average molecular weight is 828 g/mol. The third kappa shape index (κ3) is 5.62. The number of carbonyl (C=O) groups excluding carboxylic acids is 2. The van der Waals surface area contributed by atoms with Crippen LogP contribution in [0.25, 0.3) is 22.2 Å². The molecule has 2 saturated carbocycles. The van der Waals surface area contributed by atoms with Crippen LogP contribution < -0.4 is 30.9 Å². The summed E-state index contributed by atoms with van der Waals surface area (Å²) in [6.07, 6.45) is 8.75. The summed E-state index contributed by atoms with van der Waals surface area (Å²) in [6.45, 7) is 3.42. The number of alkyl halides is 1. The van der Waals surface area contributed by atoms with Crippen LogP contribution in [0.5, 0.6) is 5.75 Å². The van der Waals surface area contributed by atoms with Gasteiger partial charge in [-0.2, -0.15) is 12.7 Å². The van der Waals surface area contributed by atoms with Crippen molar-refractivity contribution in [1.29, 1.82) is 0 Å². The Hall–Kier alpha value is -2.72. The van der Waals surface area contributed by atoms with E-state index in [9.17, 15) is 13.2 Å². The van der Waals surface area contributed by atoms with Gasteiger partial charge in [0.2, 0.25) is 0 Å². The standard InChI is InChI=1S/C38H48IN6O5S/c1-41-15-17-43(18-16-41)51(48,49)40-36(46)25-9-12-29-32(19-25)44-23-38(37(47)45-26-10-14-33(45)39-42(2)22-26)21-31(38)30-20-27(50-3)11-13-28(30)35(44)34(29)24-7-5-4-6-8-24/h9,11-13,19-20,24,26,31,33H,4-8,10,14-18,21-23H2,1-3H3,(H,40,46)/q-1. The van der Waals surface area contributed by atoms with E-state index < -0.39 is 21.5 Å². The first-order valence-electron chi connectivity index (χ1n) is 18.6. The summed E-state index contributed by atoms with van der Waals surface area (Å²) in [7, 11) is 1.88. The summed E-state index contributed by atoms with van der Waals surface area (Å²) in [5.41, 5.74) is 5.45. The molecule has 3 aromatic rings. The van der Waals surface area contributed by atoms with Gasteiger partial charge in [-0.05, 0) is 7.05 Å². The molecule has 9 rings (SSSR count). The fraction of sp³-hybridized carbons (Fsp3) is 0.579. The third-order valence-corrected chi connectivity index (χ3v) is 17.3. The predicted octanol–water partition coefficient (Wildman–Crippen LogP) is 1.34. The number of amides is 2. The normalized spacial score (nSPS) is 28.7. The number of fused-ring (bicyclic) bond motifs is 9. The summed E-state index contributed by atoms with van der Waals surface area (Å²) in [5.74, 6) is 0.919. The Morgan fingerprint density at radius 3 is 2.49 bits per heavy atom. The van der Waals surface area contributed by atoms with Crippen molar-refractivity contribution in [3.63, 3.8) is 0 Å². The molecule has 5 fully saturated rings. The maximum absolute atomic E-state index is 15.1. The molecule has 2 bridgehead atoms. The monoisotopic (exact) mass is 827 g/mol. The van der Waals surface area contributed by atoms with E-state index >= 15 is 4.79 Å². The van der Waals surface area contributed by atoms with Gasteiger partial charge >= 0.3 is 262 Å². The van der Waals surface area contributed by atoms with Crippen molar-refractivity contribution >= 4 is 32.9 Å².